The maximum Gasteiger partial charge on any atom is 0.237 e. The van der Waals surface area contributed by atoms with Crippen LogP contribution in [0.5, 0.6) is 11.5 Å². The van der Waals surface area contributed by atoms with Crippen LogP contribution in [0.15, 0.2) is 18.2 Å². The van der Waals surface area contributed by atoms with Crippen LogP contribution in [-0.2, 0) is 11.2 Å². The number of rotatable bonds is 8. The number of nitrogens with one attached hydrogen (secondary N) is 1. The highest BCUT2D eigenvalue weighted by molar-refractivity contribution is 5.81. The monoisotopic (exact) mass is 294 g/mol. The van der Waals surface area contributed by atoms with Gasteiger partial charge in [-0.25, -0.2) is 0 Å². The van der Waals surface area contributed by atoms with Crippen LogP contribution >= 0.6 is 0 Å². The molecule has 1 amide bonds. The molecule has 0 spiro atoms. The molecule has 3 N–H and O–H groups in total. The maximum absolute atomic E-state index is 11.7. The fraction of sp³-hybridized carbons (Fsp3) is 0.562. The van der Waals surface area contributed by atoms with Gasteiger partial charge in [-0.05, 0) is 36.5 Å². The molecule has 0 saturated heterocycles. The third-order valence-corrected chi connectivity index (χ3v) is 3.41. The van der Waals surface area contributed by atoms with Gasteiger partial charge in [0, 0.05) is 6.54 Å². The molecular weight excluding hydrogens is 268 g/mol. The predicted octanol–water partition coefficient (Wildman–Crippen LogP) is 1.74. The van der Waals surface area contributed by atoms with Gasteiger partial charge in [-0.2, -0.15) is 0 Å². The SMILES string of the molecule is COc1ccc(CCCNC(=O)[C@@H](N)C(C)C)cc1OC. The van der Waals surface area contributed by atoms with E-state index in [1.807, 2.05) is 32.0 Å². The Morgan fingerprint density at radius 2 is 1.90 bits per heavy atom. The number of methoxy groups -OCH3 is 2. The summed E-state index contributed by atoms with van der Waals surface area (Å²) in [5, 5.41) is 2.87. The minimum atomic E-state index is -0.439. The molecule has 5 heteroatoms. The highest BCUT2D eigenvalue weighted by Crippen LogP contribution is 2.27. The second kappa shape index (κ2) is 8.52. The lowest BCUT2D eigenvalue weighted by atomic mass is 10.0. The van der Waals surface area contributed by atoms with Crippen LogP contribution in [-0.4, -0.2) is 32.7 Å². The number of nitrogens with two attached hydrogens (primary N) is 1. The lowest BCUT2D eigenvalue weighted by molar-refractivity contribution is -0.123. The Morgan fingerprint density at radius 1 is 1.24 bits per heavy atom. The Hall–Kier alpha value is -1.75. The van der Waals surface area contributed by atoms with Gasteiger partial charge in [0.25, 0.3) is 0 Å². The van der Waals surface area contributed by atoms with Crippen LogP contribution in [0.25, 0.3) is 0 Å². The molecule has 1 rings (SSSR count). The number of amides is 1. The summed E-state index contributed by atoms with van der Waals surface area (Å²) < 4.78 is 10.5. The van der Waals surface area contributed by atoms with Crippen LogP contribution in [0.1, 0.15) is 25.8 Å². The van der Waals surface area contributed by atoms with Gasteiger partial charge >= 0.3 is 0 Å². The molecule has 0 bridgehead atoms. The third-order valence-electron chi connectivity index (χ3n) is 3.41. The van der Waals surface area contributed by atoms with Gasteiger partial charge in [0.15, 0.2) is 11.5 Å². The van der Waals surface area contributed by atoms with Gasteiger partial charge in [-0.15, -0.1) is 0 Å². The predicted molar refractivity (Wildman–Crippen MR) is 83.7 cm³/mol. The number of carbonyl (C=O) groups is 1. The van der Waals surface area contributed by atoms with E-state index in [2.05, 4.69) is 5.32 Å². The fourth-order valence-corrected chi connectivity index (χ4v) is 1.96. The van der Waals surface area contributed by atoms with Crippen LogP contribution < -0.4 is 20.5 Å². The van der Waals surface area contributed by atoms with Crippen molar-refractivity contribution in [1.82, 2.24) is 5.32 Å². The number of hydrogen-bond acceptors (Lipinski definition) is 4. The first-order chi connectivity index (χ1) is 9.99. The first kappa shape index (κ1) is 17.3. The second-order valence-electron chi connectivity index (χ2n) is 5.35. The first-order valence-corrected chi connectivity index (χ1v) is 7.23. The summed E-state index contributed by atoms with van der Waals surface area (Å²) in [6.07, 6.45) is 1.71. The molecule has 1 aromatic carbocycles. The number of ether oxygens (including phenoxy) is 2. The Balaban J connectivity index is 2.41. The van der Waals surface area contributed by atoms with E-state index in [1.165, 1.54) is 0 Å². The molecule has 0 aliphatic carbocycles. The summed E-state index contributed by atoms with van der Waals surface area (Å²) in [4.78, 5) is 11.7. The van der Waals surface area contributed by atoms with E-state index < -0.39 is 6.04 Å². The number of hydrogen-bond donors (Lipinski definition) is 2. The van der Waals surface area contributed by atoms with Crippen molar-refractivity contribution in [3.05, 3.63) is 23.8 Å². The quantitative estimate of drug-likeness (QED) is 0.716. The van der Waals surface area contributed by atoms with Crippen molar-refractivity contribution in [3.63, 3.8) is 0 Å². The molecule has 118 valence electrons. The number of aryl methyl sites for hydroxylation is 1. The highest BCUT2D eigenvalue weighted by atomic mass is 16.5. The lowest BCUT2D eigenvalue weighted by Crippen LogP contribution is -2.44. The molecule has 0 aromatic heterocycles. The lowest BCUT2D eigenvalue weighted by Gasteiger charge is -2.15. The van der Waals surface area contributed by atoms with Crippen molar-refractivity contribution in [3.8, 4) is 11.5 Å². The van der Waals surface area contributed by atoms with Crippen LogP contribution in [0.4, 0.5) is 0 Å². The van der Waals surface area contributed by atoms with Crippen molar-refractivity contribution >= 4 is 5.91 Å². The smallest absolute Gasteiger partial charge is 0.237 e. The molecule has 0 fully saturated rings. The zero-order chi connectivity index (χ0) is 15.8. The zero-order valence-electron chi connectivity index (χ0n) is 13.3. The van der Waals surface area contributed by atoms with Gasteiger partial charge in [-0.1, -0.05) is 19.9 Å². The summed E-state index contributed by atoms with van der Waals surface area (Å²) >= 11 is 0. The van der Waals surface area contributed by atoms with Crippen LogP contribution in [0.2, 0.25) is 0 Å². The molecule has 5 nitrogen and oxygen atoms in total. The highest BCUT2D eigenvalue weighted by Gasteiger charge is 2.16. The normalized spacial score (nSPS) is 12.1. The third kappa shape index (κ3) is 5.27. The van der Waals surface area contributed by atoms with E-state index in [4.69, 9.17) is 15.2 Å². The van der Waals surface area contributed by atoms with Crippen molar-refractivity contribution in [1.29, 1.82) is 0 Å². The van der Waals surface area contributed by atoms with E-state index in [0.29, 0.717) is 6.54 Å². The van der Waals surface area contributed by atoms with E-state index >= 15 is 0 Å². The molecular formula is C16H26N2O3. The van der Waals surface area contributed by atoms with E-state index in [9.17, 15) is 4.79 Å². The number of benzene rings is 1. The maximum atomic E-state index is 11.7. The van der Waals surface area contributed by atoms with Gasteiger partial charge < -0.3 is 20.5 Å². The summed E-state index contributed by atoms with van der Waals surface area (Å²) in [6.45, 7) is 4.50. The Bertz CT molecular complexity index is 461. The van der Waals surface area contributed by atoms with E-state index in [1.54, 1.807) is 14.2 Å². The molecule has 0 saturated carbocycles. The Labute approximate surface area is 126 Å². The molecule has 21 heavy (non-hydrogen) atoms. The average Bonchev–Trinajstić information content (AvgIpc) is 2.49. The van der Waals surface area contributed by atoms with Gasteiger partial charge in [0.05, 0.1) is 20.3 Å². The standard InChI is InChI=1S/C16H26N2O3/c1-11(2)15(17)16(19)18-9-5-6-12-7-8-13(20-3)14(10-12)21-4/h7-8,10-11,15H,5-6,9,17H2,1-4H3,(H,18,19)/t15-/m0/s1. The fourth-order valence-electron chi connectivity index (χ4n) is 1.96. The summed E-state index contributed by atoms with van der Waals surface area (Å²) in [5.74, 6) is 1.51. The summed E-state index contributed by atoms with van der Waals surface area (Å²) in [5.41, 5.74) is 6.93. The molecule has 1 atom stereocenters. The number of carbonyl (C=O) groups excluding carboxylic acids is 1. The van der Waals surface area contributed by atoms with Crippen molar-refractivity contribution < 1.29 is 14.3 Å². The van der Waals surface area contributed by atoms with Crippen molar-refractivity contribution in [2.75, 3.05) is 20.8 Å². The average molecular weight is 294 g/mol. The Kier molecular flexibility index (Phi) is 7.02. The summed E-state index contributed by atoms with van der Waals surface area (Å²) in [7, 11) is 3.24. The van der Waals surface area contributed by atoms with Crippen molar-refractivity contribution in [2.24, 2.45) is 11.7 Å². The van der Waals surface area contributed by atoms with Gasteiger partial charge in [0.1, 0.15) is 0 Å². The first-order valence-electron chi connectivity index (χ1n) is 7.23. The minimum absolute atomic E-state index is 0.0858. The van der Waals surface area contributed by atoms with Crippen LogP contribution in [0.3, 0.4) is 0 Å². The largest absolute Gasteiger partial charge is 0.493 e. The Morgan fingerprint density at radius 3 is 2.48 bits per heavy atom. The van der Waals surface area contributed by atoms with E-state index in [0.717, 1.165) is 29.9 Å². The molecule has 1 aromatic rings. The van der Waals surface area contributed by atoms with Crippen molar-refractivity contribution in [2.45, 2.75) is 32.7 Å². The zero-order valence-corrected chi connectivity index (χ0v) is 13.3. The minimum Gasteiger partial charge on any atom is -0.493 e. The van der Waals surface area contributed by atoms with Crippen LogP contribution in [0, 0.1) is 5.92 Å². The van der Waals surface area contributed by atoms with Gasteiger partial charge in [-0.3, -0.25) is 4.79 Å². The van der Waals surface area contributed by atoms with E-state index in [-0.39, 0.29) is 11.8 Å². The summed E-state index contributed by atoms with van der Waals surface area (Å²) in [6, 6.07) is 5.41. The molecule has 0 aliphatic heterocycles. The molecule has 0 radical (unpaired) electrons. The molecule has 0 heterocycles. The molecule has 0 unspecified atom stereocenters. The topological polar surface area (TPSA) is 73.6 Å². The molecule has 0 aliphatic rings. The van der Waals surface area contributed by atoms with Gasteiger partial charge in [0.2, 0.25) is 5.91 Å². The second-order valence-corrected chi connectivity index (χ2v) is 5.35.